The van der Waals surface area contributed by atoms with E-state index in [1.54, 1.807) is 17.4 Å². The van der Waals surface area contributed by atoms with Gasteiger partial charge >= 0.3 is 0 Å². The average molecular weight is 290 g/mol. The highest BCUT2D eigenvalue weighted by Crippen LogP contribution is 2.34. The van der Waals surface area contributed by atoms with E-state index < -0.39 is 0 Å². The lowest BCUT2D eigenvalue weighted by molar-refractivity contribution is -0.126. The Balaban J connectivity index is 1.57. The highest BCUT2D eigenvalue weighted by molar-refractivity contribution is 7.10. The Labute approximate surface area is 124 Å². The highest BCUT2D eigenvalue weighted by Gasteiger charge is 2.29. The van der Waals surface area contributed by atoms with Gasteiger partial charge in [-0.2, -0.15) is 0 Å². The quantitative estimate of drug-likeness (QED) is 0.796. The molecule has 1 aromatic heterocycles. The first-order valence-corrected chi connectivity index (χ1v) is 8.45. The summed E-state index contributed by atoms with van der Waals surface area (Å²) in [5.74, 6) is 0.181. The number of likely N-dealkylation sites (tertiary alicyclic amines) is 2. The Morgan fingerprint density at radius 2 is 2.15 bits per heavy atom. The molecule has 0 aromatic carbocycles. The predicted octanol–water partition coefficient (Wildman–Crippen LogP) is 3.06. The van der Waals surface area contributed by atoms with Crippen LogP contribution in [0.2, 0.25) is 0 Å². The van der Waals surface area contributed by atoms with E-state index in [2.05, 4.69) is 22.4 Å². The Hall–Kier alpha value is -1.13. The maximum Gasteiger partial charge on any atom is 0.246 e. The van der Waals surface area contributed by atoms with Crippen molar-refractivity contribution >= 4 is 17.2 Å². The first-order chi connectivity index (χ1) is 9.84. The van der Waals surface area contributed by atoms with Crippen LogP contribution >= 0.6 is 11.3 Å². The molecule has 0 aliphatic carbocycles. The van der Waals surface area contributed by atoms with Crippen molar-refractivity contribution in [2.75, 3.05) is 26.2 Å². The van der Waals surface area contributed by atoms with Crippen LogP contribution in [0.3, 0.4) is 0 Å². The number of carbonyl (C=O) groups is 1. The van der Waals surface area contributed by atoms with Gasteiger partial charge in [0.1, 0.15) is 0 Å². The minimum atomic E-state index is 0.181. The molecule has 1 atom stereocenters. The van der Waals surface area contributed by atoms with Gasteiger partial charge in [0.25, 0.3) is 0 Å². The largest absolute Gasteiger partial charge is 0.331 e. The lowest BCUT2D eigenvalue weighted by Crippen LogP contribution is -2.28. The third-order valence-electron chi connectivity index (χ3n) is 4.23. The van der Waals surface area contributed by atoms with E-state index in [1.165, 1.54) is 30.8 Å². The van der Waals surface area contributed by atoms with Gasteiger partial charge in [0.2, 0.25) is 5.91 Å². The van der Waals surface area contributed by atoms with E-state index in [0.29, 0.717) is 6.04 Å². The average Bonchev–Trinajstić information content (AvgIpc) is 3.19. The zero-order valence-corrected chi connectivity index (χ0v) is 12.6. The molecule has 3 rings (SSSR count). The molecule has 0 saturated carbocycles. The van der Waals surface area contributed by atoms with Crippen molar-refractivity contribution in [3.63, 3.8) is 0 Å². The Kier molecular flexibility index (Phi) is 4.53. The van der Waals surface area contributed by atoms with Crippen LogP contribution in [0.1, 0.15) is 36.6 Å². The molecule has 2 aliphatic heterocycles. The van der Waals surface area contributed by atoms with E-state index in [1.807, 2.05) is 11.0 Å². The fourth-order valence-electron chi connectivity index (χ4n) is 3.17. The molecule has 2 fully saturated rings. The fourth-order valence-corrected chi connectivity index (χ4v) is 4.04. The van der Waals surface area contributed by atoms with Gasteiger partial charge in [0.15, 0.2) is 0 Å². The van der Waals surface area contributed by atoms with Crippen molar-refractivity contribution in [2.45, 2.75) is 31.7 Å². The van der Waals surface area contributed by atoms with Gasteiger partial charge in [0, 0.05) is 24.0 Å². The van der Waals surface area contributed by atoms with Gasteiger partial charge < -0.3 is 4.90 Å². The van der Waals surface area contributed by atoms with Crippen molar-refractivity contribution in [1.29, 1.82) is 0 Å². The number of rotatable bonds is 4. The van der Waals surface area contributed by atoms with E-state index in [-0.39, 0.29) is 5.91 Å². The summed E-state index contributed by atoms with van der Waals surface area (Å²) in [6, 6.07) is 4.53. The summed E-state index contributed by atoms with van der Waals surface area (Å²) < 4.78 is 0. The SMILES string of the molecule is O=C(/C=C/CN1CCCC1)N1CCCC1c1cccs1. The molecule has 108 valence electrons. The fraction of sp³-hybridized carbons (Fsp3) is 0.562. The molecule has 0 N–H and O–H groups in total. The van der Waals surface area contributed by atoms with Crippen molar-refractivity contribution in [3.8, 4) is 0 Å². The molecule has 1 amide bonds. The standard InChI is InChI=1S/C16H22N2OS/c19-16(8-4-11-17-9-1-2-10-17)18-12-3-6-14(18)15-7-5-13-20-15/h4-5,7-8,13-14H,1-3,6,9-12H2/b8-4+. The van der Waals surface area contributed by atoms with Crippen molar-refractivity contribution in [3.05, 3.63) is 34.5 Å². The van der Waals surface area contributed by atoms with Gasteiger partial charge in [-0.1, -0.05) is 12.1 Å². The van der Waals surface area contributed by atoms with E-state index in [4.69, 9.17) is 0 Å². The minimum absolute atomic E-state index is 0.181. The van der Waals surface area contributed by atoms with Crippen LogP contribution in [0, 0.1) is 0 Å². The van der Waals surface area contributed by atoms with Crippen LogP contribution in [0.4, 0.5) is 0 Å². The zero-order valence-electron chi connectivity index (χ0n) is 11.8. The number of nitrogens with zero attached hydrogens (tertiary/aromatic N) is 2. The third-order valence-corrected chi connectivity index (χ3v) is 5.20. The second-order valence-electron chi connectivity index (χ2n) is 5.62. The molecule has 1 aromatic rings. The molecule has 1 unspecified atom stereocenters. The highest BCUT2D eigenvalue weighted by atomic mass is 32.1. The molecular formula is C16H22N2OS. The molecule has 0 bridgehead atoms. The number of thiophene rings is 1. The van der Waals surface area contributed by atoms with Crippen molar-refractivity contribution in [1.82, 2.24) is 9.80 Å². The molecular weight excluding hydrogens is 268 g/mol. The van der Waals surface area contributed by atoms with Crippen molar-refractivity contribution in [2.24, 2.45) is 0 Å². The molecule has 0 radical (unpaired) electrons. The summed E-state index contributed by atoms with van der Waals surface area (Å²) >= 11 is 1.76. The second kappa shape index (κ2) is 6.55. The van der Waals surface area contributed by atoms with E-state index >= 15 is 0 Å². The Morgan fingerprint density at radius 1 is 1.30 bits per heavy atom. The Bertz CT molecular complexity index is 463. The van der Waals surface area contributed by atoms with Crippen LogP contribution in [-0.2, 0) is 4.79 Å². The second-order valence-corrected chi connectivity index (χ2v) is 6.59. The van der Waals surface area contributed by atoms with Gasteiger partial charge in [-0.05, 0) is 50.2 Å². The number of hydrogen-bond donors (Lipinski definition) is 0. The normalized spacial score (nSPS) is 24.0. The van der Waals surface area contributed by atoms with E-state index in [9.17, 15) is 4.79 Å². The van der Waals surface area contributed by atoms with Crippen LogP contribution in [0.5, 0.6) is 0 Å². The van der Waals surface area contributed by atoms with Gasteiger partial charge in [-0.3, -0.25) is 9.69 Å². The van der Waals surface area contributed by atoms with Crippen LogP contribution in [0.15, 0.2) is 29.7 Å². The summed E-state index contributed by atoms with van der Waals surface area (Å²) in [5.41, 5.74) is 0. The number of hydrogen-bond acceptors (Lipinski definition) is 3. The number of carbonyl (C=O) groups excluding carboxylic acids is 1. The maximum atomic E-state index is 12.3. The van der Waals surface area contributed by atoms with Crippen molar-refractivity contribution < 1.29 is 4.79 Å². The number of amides is 1. The first kappa shape index (κ1) is 13.8. The molecule has 4 heteroatoms. The summed E-state index contributed by atoms with van der Waals surface area (Å²) in [7, 11) is 0. The first-order valence-electron chi connectivity index (χ1n) is 7.57. The van der Waals surface area contributed by atoms with E-state index in [0.717, 1.165) is 25.9 Å². The molecule has 0 spiro atoms. The zero-order chi connectivity index (χ0) is 13.8. The predicted molar refractivity (Wildman–Crippen MR) is 82.8 cm³/mol. The van der Waals surface area contributed by atoms with Gasteiger partial charge in [-0.15, -0.1) is 11.3 Å². The maximum absolute atomic E-state index is 12.3. The summed E-state index contributed by atoms with van der Waals surface area (Å²) in [6.07, 6.45) is 8.64. The molecule has 3 heterocycles. The smallest absolute Gasteiger partial charge is 0.246 e. The molecule has 20 heavy (non-hydrogen) atoms. The van der Waals surface area contributed by atoms with Crippen LogP contribution < -0.4 is 0 Å². The van der Waals surface area contributed by atoms with Gasteiger partial charge in [0.05, 0.1) is 6.04 Å². The molecule has 2 saturated heterocycles. The summed E-state index contributed by atoms with van der Waals surface area (Å²) in [5, 5.41) is 2.10. The summed E-state index contributed by atoms with van der Waals surface area (Å²) in [6.45, 7) is 4.18. The molecule has 2 aliphatic rings. The van der Waals surface area contributed by atoms with Gasteiger partial charge in [-0.25, -0.2) is 0 Å². The topological polar surface area (TPSA) is 23.6 Å². The third kappa shape index (κ3) is 3.13. The lowest BCUT2D eigenvalue weighted by atomic mass is 10.2. The molecule has 3 nitrogen and oxygen atoms in total. The summed E-state index contributed by atoms with van der Waals surface area (Å²) in [4.78, 5) is 18.1. The Morgan fingerprint density at radius 3 is 2.90 bits per heavy atom. The lowest BCUT2D eigenvalue weighted by Gasteiger charge is -2.22. The minimum Gasteiger partial charge on any atom is -0.331 e. The van der Waals surface area contributed by atoms with Crippen LogP contribution in [-0.4, -0.2) is 41.9 Å². The monoisotopic (exact) mass is 290 g/mol. The van der Waals surface area contributed by atoms with Crippen LogP contribution in [0.25, 0.3) is 0 Å².